The van der Waals surface area contributed by atoms with Crippen molar-refractivity contribution < 1.29 is 45.5 Å². The first-order chi connectivity index (χ1) is 20.7. The molecule has 16 heteroatoms. The fourth-order valence-corrected chi connectivity index (χ4v) is 4.13. The molecule has 234 valence electrons. The molecule has 2 aromatic carbocycles. The van der Waals surface area contributed by atoms with E-state index in [4.69, 9.17) is 19.4 Å². The average Bonchev–Trinajstić information content (AvgIpc) is 3.45. The summed E-state index contributed by atoms with van der Waals surface area (Å²) in [6.07, 6.45) is -7.68. The SMILES string of the molecule is Cc1ncc(-c2nc(-c3ccc(OC(F)(F)F)cc3)no2)nc1Cc1cccc(N2CCN(C)CC2)c1.O=C(O)C(F)(F)F. The number of anilines is 1. The van der Waals surface area contributed by atoms with E-state index >= 15 is 0 Å². The molecular formula is C28H26F6N6O4. The molecule has 3 heterocycles. The van der Waals surface area contributed by atoms with E-state index in [1.165, 1.54) is 30.0 Å². The molecule has 0 atom stereocenters. The number of halogens is 6. The maximum Gasteiger partial charge on any atom is 0.573 e. The standard InChI is InChI=1S/C26H25F3N6O2.C2HF3O2/c1-17-22(15-18-4-3-5-20(14-18)35-12-10-34(2)11-13-35)31-23(16-30-17)25-32-24(33-37-25)19-6-8-21(9-7-19)36-26(27,28)29;3-2(4,5)1(6)7/h3-9,14,16H,10-13,15H2,1-2H3;(H,6,7). The number of hydrogen-bond acceptors (Lipinski definition) is 9. The van der Waals surface area contributed by atoms with Crippen LogP contribution in [0.1, 0.15) is 17.0 Å². The van der Waals surface area contributed by atoms with Crippen molar-refractivity contribution >= 4 is 11.7 Å². The van der Waals surface area contributed by atoms with Crippen LogP contribution in [-0.2, 0) is 11.2 Å². The average molecular weight is 625 g/mol. The van der Waals surface area contributed by atoms with Gasteiger partial charge < -0.3 is 24.2 Å². The Morgan fingerprint density at radius 1 is 1.00 bits per heavy atom. The van der Waals surface area contributed by atoms with E-state index in [0.29, 0.717) is 17.7 Å². The largest absolute Gasteiger partial charge is 0.573 e. The van der Waals surface area contributed by atoms with E-state index in [-0.39, 0.29) is 17.5 Å². The lowest BCUT2D eigenvalue weighted by Gasteiger charge is -2.34. The van der Waals surface area contributed by atoms with E-state index in [1.807, 2.05) is 6.92 Å². The van der Waals surface area contributed by atoms with Gasteiger partial charge in [-0.1, -0.05) is 17.3 Å². The fraction of sp³-hybridized carbons (Fsp3) is 0.321. The third kappa shape index (κ3) is 8.89. The highest BCUT2D eigenvalue weighted by Gasteiger charge is 2.38. The molecular weight excluding hydrogens is 598 g/mol. The Labute approximate surface area is 246 Å². The van der Waals surface area contributed by atoms with Gasteiger partial charge in [-0.25, -0.2) is 9.78 Å². The second-order valence-electron chi connectivity index (χ2n) is 9.72. The number of ether oxygens (including phenoxy) is 1. The van der Waals surface area contributed by atoms with Crippen LogP contribution in [0, 0.1) is 6.92 Å². The van der Waals surface area contributed by atoms with Gasteiger partial charge in [0.1, 0.15) is 11.4 Å². The van der Waals surface area contributed by atoms with Crippen molar-refractivity contribution in [2.45, 2.75) is 25.9 Å². The van der Waals surface area contributed by atoms with Gasteiger partial charge in [0.05, 0.1) is 17.6 Å². The predicted octanol–water partition coefficient (Wildman–Crippen LogP) is 5.38. The topological polar surface area (TPSA) is 118 Å². The summed E-state index contributed by atoms with van der Waals surface area (Å²) in [6, 6.07) is 13.7. The van der Waals surface area contributed by atoms with Crippen molar-refractivity contribution in [2.24, 2.45) is 0 Å². The minimum atomic E-state index is -5.08. The number of rotatable bonds is 6. The number of likely N-dealkylation sites (N-methyl/N-ethyl adjacent to an activating group) is 1. The van der Waals surface area contributed by atoms with Gasteiger partial charge in [-0.3, -0.25) is 4.98 Å². The molecule has 1 aliphatic rings. The molecule has 1 aliphatic heterocycles. The Bertz CT molecular complexity index is 1570. The molecule has 0 amide bonds. The number of hydrogen-bond donors (Lipinski definition) is 1. The second kappa shape index (κ2) is 13.3. The number of aromatic nitrogens is 4. The minimum Gasteiger partial charge on any atom is -0.475 e. The Morgan fingerprint density at radius 2 is 1.66 bits per heavy atom. The van der Waals surface area contributed by atoms with Crippen molar-refractivity contribution in [3.05, 3.63) is 71.7 Å². The number of carbonyl (C=O) groups is 1. The normalized spacial score (nSPS) is 14.1. The van der Waals surface area contributed by atoms with Gasteiger partial charge in [-0.05, 0) is 55.9 Å². The summed E-state index contributed by atoms with van der Waals surface area (Å²) in [6.45, 7) is 5.96. The first kappa shape index (κ1) is 32.2. The number of aryl methyl sites for hydroxylation is 1. The second-order valence-corrected chi connectivity index (χ2v) is 9.72. The molecule has 44 heavy (non-hydrogen) atoms. The van der Waals surface area contributed by atoms with Crippen molar-refractivity contribution in [3.63, 3.8) is 0 Å². The predicted molar refractivity (Wildman–Crippen MR) is 145 cm³/mol. The summed E-state index contributed by atoms with van der Waals surface area (Å²) in [4.78, 5) is 27.2. The number of carboxylic acids is 1. The highest BCUT2D eigenvalue weighted by molar-refractivity contribution is 5.73. The molecule has 0 radical (unpaired) electrons. The molecule has 0 aliphatic carbocycles. The smallest absolute Gasteiger partial charge is 0.475 e. The van der Waals surface area contributed by atoms with Crippen molar-refractivity contribution in [3.8, 4) is 28.7 Å². The Kier molecular flexibility index (Phi) is 9.71. The van der Waals surface area contributed by atoms with Crippen LogP contribution in [0.2, 0.25) is 0 Å². The molecule has 4 aromatic rings. The van der Waals surface area contributed by atoms with Crippen LogP contribution < -0.4 is 9.64 Å². The van der Waals surface area contributed by atoms with Crippen LogP contribution in [0.15, 0.2) is 59.3 Å². The fourth-order valence-electron chi connectivity index (χ4n) is 4.13. The van der Waals surface area contributed by atoms with E-state index in [2.05, 4.69) is 61.0 Å². The molecule has 0 unspecified atom stereocenters. The number of carboxylic acid groups (broad SMARTS) is 1. The molecule has 5 rings (SSSR count). The van der Waals surface area contributed by atoms with Gasteiger partial charge in [-0.15, -0.1) is 13.2 Å². The van der Waals surface area contributed by atoms with Gasteiger partial charge >= 0.3 is 18.5 Å². The highest BCUT2D eigenvalue weighted by atomic mass is 19.4. The Hall–Kier alpha value is -4.73. The summed E-state index contributed by atoms with van der Waals surface area (Å²) in [5.74, 6) is -2.69. The summed E-state index contributed by atoms with van der Waals surface area (Å²) >= 11 is 0. The van der Waals surface area contributed by atoms with Crippen LogP contribution in [-0.4, -0.2) is 81.8 Å². The molecule has 1 N–H and O–H groups in total. The molecule has 10 nitrogen and oxygen atoms in total. The maximum absolute atomic E-state index is 12.4. The highest BCUT2D eigenvalue weighted by Crippen LogP contribution is 2.27. The number of benzene rings is 2. The van der Waals surface area contributed by atoms with Crippen LogP contribution in [0.4, 0.5) is 32.0 Å². The number of aliphatic carboxylic acids is 1. The monoisotopic (exact) mass is 624 g/mol. The summed E-state index contributed by atoms with van der Waals surface area (Å²) in [7, 11) is 2.14. The third-order valence-corrected chi connectivity index (χ3v) is 6.44. The molecule has 0 saturated carbocycles. The van der Waals surface area contributed by atoms with Crippen molar-refractivity contribution in [1.29, 1.82) is 0 Å². The van der Waals surface area contributed by atoms with E-state index < -0.39 is 18.5 Å². The number of nitrogens with zero attached hydrogens (tertiary/aromatic N) is 6. The van der Waals surface area contributed by atoms with Gasteiger partial charge in [0, 0.05) is 43.9 Å². The lowest BCUT2D eigenvalue weighted by molar-refractivity contribution is -0.274. The first-order valence-electron chi connectivity index (χ1n) is 13.0. The summed E-state index contributed by atoms with van der Waals surface area (Å²) < 4.78 is 78.2. The van der Waals surface area contributed by atoms with E-state index in [0.717, 1.165) is 43.1 Å². The Morgan fingerprint density at radius 3 is 2.27 bits per heavy atom. The number of alkyl halides is 6. The van der Waals surface area contributed by atoms with E-state index in [9.17, 15) is 26.3 Å². The van der Waals surface area contributed by atoms with Crippen molar-refractivity contribution in [2.75, 3.05) is 38.1 Å². The molecule has 2 aromatic heterocycles. The lowest BCUT2D eigenvalue weighted by atomic mass is 10.1. The van der Waals surface area contributed by atoms with Crippen LogP contribution >= 0.6 is 0 Å². The molecule has 1 saturated heterocycles. The first-order valence-corrected chi connectivity index (χ1v) is 13.0. The zero-order valence-corrected chi connectivity index (χ0v) is 23.4. The zero-order valence-electron chi connectivity index (χ0n) is 23.4. The van der Waals surface area contributed by atoms with Gasteiger partial charge in [-0.2, -0.15) is 18.2 Å². The summed E-state index contributed by atoms with van der Waals surface area (Å²) in [5.41, 5.74) is 4.81. The van der Waals surface area contributed by atoms with Gasteiger partial charge in [0.15, 0.2) is 0 Å². The third-order valence-electron chi connectivity index (χ3n) is 6.44. The quantitative estimate of drug-likeness (QED) is 0.281. The number of piperazine rings is 1. The Balaban J connectivity index is 0.000000566. The van der Waals surface area contributed by atoms with Crippen LogP contribution in [0.5, 0.6) is 5.75 Å². The van der Waals surface area contributed by atoms with Gasteiger partial charge in [0.25, 0.3) is 5.89 Å². The van der Waals surface area contributed by atoms with Gasteiger partial charge in [0.2, 0.25) is 5.82 Å². The summed E-state index contributed by atoms with van der Waals surface area (Å²) in [5, 5.41) is 11.1. The lowest BCUT2D eigenvalue weighted by Crippen LogP contribution is -2.44. The molecule has 0 spiro atoms. The van der Waals surface area contributed by atoms with Crippen LogP contribution in [0.25, 0.3) is 23.0 Å². The maximum atomic E-state index is 12.4. The van der Waals surface area contributed by atoms with E-state index in [1.54, 1.807) is 6.20 Å². The molecule has 0 bridgehead atoms. The minimum absolute atomic E-state index is 0.172. The van der Waals surface area contributed by atoms with Crippen LogP contribution in [0.3, 0.4) is 0 Å². The molecule has 1 fully saturated rings. The van der Waals surface area contributed by atoms with Crippen molar-refractivity contribution in [1.82, 2.24) is 25.0 Å². The zero-order chi connectivity index (χ0) is 32.1.